The number of aromatic amines is 1. The van der Waals surface area contributed by atoms with E-state index in [-0.39, 0.29) is 5.75 Å². The third-order valence-corrected chi connectivity index (χ3v) is 5.07. The van der Waals surface area contributed by atoms with E-state index >= 15 is 0 Å². The lowest BCUT2D eigenvalue weighted by molar-refractivity contribution is 0.471. The Morgan fingerprint density at radius 2 is 1.97 bits per heavy atom. The molecule has 6 heteroatoms. The molecule has 0 fully saturated rings. The number of nitriles is 1. The Balaban J connectivity index is 1.96. The van der Waals surface area contributed by atoms with Gasteiger partial charge in [-0.3, -0.25) is 0 Å². The Morgan fingerprint density at radius 1 is 1.17 bits per heavy atom. The van der Waals surface area contributed by atoms with Crippen LogP contribution in [0.4, 0.5) is 5.82 Å². The summed E-state index contributed by atoms with van der Waals surface area (Å²) < 4.78 is 0. The van der Waals surface area contributed by atoms with Gasteiger partial charge in [0.15, 0.2) is 0 Å². The van der Waals surface area contributed by atoms with Crippen molar-refractivity contribution in [3.8, 4) is 46.5 Å². The molecule has 4 rings (SSSR count). The van der Waals surface area contributed by atoms with Crippen molar-refractivity contribution in [2.45, 2.75) is 13.8 Å². The summed E-state index contributed by atoms with van der Waals surface area (Å²) in [6.45, 7) is 3.77. The number of anilines is 1. The standard InChI is InChI=1S/C23H17N5O/c1-4-14-7-15(10-26-22(14)25)19-8-16-17(9-24)18(11-27-23(16)28-19)21-12(2)5-6-20(29)13(21)3/h1,5-8,10-11,29H,2-3H3,(H2,25,26)(H,27,28). The van der Waals surface area contributed by atoms with Crippen LogP contribution in [0.5, 0.6) is 5.75 Å². The van der Waals surface area contributed by atoms with Gasteiger partial charge in [0.05, 0.1) is 11.1 Å². The van der Waals surface area contributed by atoms with Crippen LogP contribution in [0.25, 0.3) is 33.4 Å². The number of phenols is 1. The molecule has 0 unspecified atom stereocenters. The predicted molar refractivity (Wildman–Crippen MR) is 113 cm³/mol. The molecule has 3 aromatic heterocycles. The predicted octanol–water partition coefficient (Wildman–Crippen LogP) is 4.05. The number of rotatable bonds is 2. The maximum atomic E-state index is 10.1. The zero-order valence-electron chi connectivity index (χ0n) is 15.9. The number of nitrogen functional groups attached to an aromatic ring is 1. The molecule has 0 aliphatic carbocycles. The van der Waals surface area contributed by atoms with Gasteiger partial charge in [0.1, 0.15) is 23.3 Å². The number of phenolic OH excluding ortho intramolecular Hbond substituents is 1. The summed E-state index contributed by atoms with van der Waals surface area (Å²) in [5.74, 6) is 2.99. The largest absolute Gasteiger partial charge is 0.508 e. The fourth-order valence-corrected chi connectivity index (χ4v) is 3.53. The van der Waals surface area contributed by atoms with Crippen LogP contribution in [0.15, 0.2) is 36.7 Å². The van der Waals surface area contributed by atoms with E-state index in [2.05, 4.69) is 26.9 Å². The number of benzene rings is 1. The van der Waals surface area contributed by atoms with Crippen molar-refractivity contribution in [2.75, 3.05) is 5.73 Å². The number of fused-ring (bicyclic) bond motifs is 1. The minimum atomic E-state index is 0.180. The number of nitrogens with two attached hydrogens (primary N) is 1. The van der Waals surface area contributed by atoms with E-state index in [9.17, 15) is 10.4 Å². The normalized spacial score (nSPS) is 10.6. The minimum Gasteiger partial charge on any atom is -0.508 e. The number of aromatic hydroxyl groups is 1. The van der Waals surface area contributed by atoms with Gasteiger partial charge < -0.3 is 15.8 Å². The number of nitrogens with zero attached hydrogens (tertiary/aromatic N) is 3. The van der Waals surface area contributed by atoms with Crippen molar-refractivity contribution in [2.24, 2.45) is 0 Å². The second-order valence-corrected chi connectivity index (χ2v) is 6.81. The molecule has 0 spiro atoms. The average molecular weight is 379 g/mol. The third kappa shape index (κ3) is 2.84. The second-order valence-electron chi connectivity index (χ2n) is 6.81. The van der Waals surface area contributed by atoms with Crippen molar-refractivity contribution in [3.63, 3.8) is 0 Å². The molecule has 1 aromatic carbocycles. The molecule has 0 saturated carbocycles. The van der Waals surface area contributed by atoms with E-state index < -0.39 is 0 Å². The first-order valence-electron chi connectivity index (χ1n) is 8.88. The minimum absolute atomic E-state index is 0.180. The highest BCUT2D eigenvalue weighted by Gasteiger charge is 2.18. The second kappa shape index (κ2) is 6.70. The molecule has 0 aliphatic rings. The molecule has 0 bridgehead atoms. The summed E-state index contributed by atoms with van der Waals surface area (Å²) in [5, 5.41) is 20.7. The van der Waals surface area contributed by atoms with Crippen molar-refractivity contribution in [1.82, 2.24) is 15.0 Å². The summed E-state index contributed by atoms with van der Waals surface area (Å²) in [6.07, 6.45) is 8.77. The van der Waals surface area contributed by atoms with Gasteiger partial charge >= 0.3 is 0 Å². The average Bonchev–Trinajstić information content (AvgIpc) is 3.15. The molecule has 140 valence electrons. The third-order valence-electron chi connectivity index (χ3n) is 5.07. The van der Waals surface area contributed by atoms with Crippen LogP contribution in [0.2, 0.25) is 0 Å². The van der Waals surface area contributed by atoms with Crippen LogP contribution >= 0.6 is 0 Å². The summed E-state index contributed by atoms with van der Waals surface area (Å²) in [7, 11) is 0. The number of aromatic nitrogens is 3. The van der Waals surface area contributed by atoms with Crippen LogP contribution < -0.4 is 5.73 Å². The highest BCUT2D eigenvalue weighted by atomic mass is 16.3. The van der Waals surface area contributed by atoms with Crippen molar-refractivity contribution in [3.05, 3.63) is 58.9 Å². The van der Waals surface area contributed by atoms with Crippen LogP contribution in [-0.4, -0.2) is 20.1 Å². The first kappa shape index (κ1) is 18.1. The summed E-state index contributed by atoms with van der Waals surface area (Å²) in [5.41, 5.74) is 12.0. The van der Waals surface area contributed by atoms with Crippen LogP contribution in [0.1, 0.15) is 22.3 Å². The van der Waals surface area contributed by atoms with Gasteiger partial charge in [0.2, 0.25) is 0 Å². The van der Waals surface area contributed by atoms with E-state index in [0.717, 1.165) is 22.4 Å². The Labute approximate surface area is 167 Å². The smallest absolute Gasteiger partial charge is 0.139 e. The first-order valence-corrected chi connectivity index (χ1v) is 8.88. The lowest BCUT2D eigenvalue weighted by atomic mass is 9.92. The summed E-state index contributed by atoms with van der Waals surface area (Å²) in [6, 6.07) is 9.39. The topological polar surface area (TPSA) is 112 Å². The van der Waals surface area contributed by atoms with Crippen LogP contribution in [0, 0.1) is 37.5 Å². The van der Waals surface area contributed by atoms with Gasteiger partial charge in [-0.05, 0) is 48.7 Å². The summed E-state index contributed by atoms with van der Waals surface area (Å²) >= 11 is 0. The number of nitrogens with one attached hydrogen (secondary N) is 1. The summed E-state index contributed by atoms with van der Waals surface area (Å²) in [4.78, 5) is 11.9. The van der Waals surface area contributed by atoms with Gasteiger partial charge in [-0.1, -0.05) is 12.0 Å². The quantitative estimate of drug-likeness (QED) is 0.455. The SMILES string of the molecule is C#Cc1cc(-c2cc3c(C#N)c(-c4c(C)ccc(O)c4C)cnc3[nH]2)cnc1N. The number of pyridine rings is 2. The highest BCUT2D eigenvalue weighted by Crippen LogP contribution is 2.37. The lowest BCUT2D eigenvalue weighted by Crippen LogP contribution is -1.94. The molecule has 0 atom stereocenters. The van der Waals surface area contributed by atoms with E-state index in [0.29, 0.717) is 39.1 Å². The van der Waals surface area contributed by atoms with Crippen molar-refractivity contribution >= 4 is 16.9 Å². The molecular weight excluding hydrogens is 362 g/mol. The number of hydrogen-bond donors (Lipinski definition) is 3. The number of hydrogen-bond acceptors (Lipinski definition) is 5. The van der Waals surface area contributed by atoms with Gasteiger partial charge in [0.25, 0.3) is 0 Å². The van der Waals surface area contributed by atoms with Gasteiger partial charge in [-0.15, -0.1) is 6.42 Å². The van der Waals surface area contributed by atoms with Gasteiger partial charge in [-0.25, -0.2) is 9.97 Å². The van der Waals surface area contributed by atoms with E-state index in [1.54, 1.807) is 24.5 Å². The lowest BCUT2D eigenvalue weighted by Gasteiger charge is -2.13. The molecular formula is C23H17N5O. The number of terminal acetylenes is 1. The van der Waals surface area contributed by atoms with Crippen LogP contribution in [-0.2, 0) is 0 Å². The highest BCUT2D eigenvalue weighted by molar-refractivity contribution is 5.94. The Hall–Kier alpha value is -4.29. The molecule has 6 nitrogen and oxygen atoms in total. The van der Waals surface area contributed by atoms with Gasteiger partial charge in [0, 0.05) is 34.6 Å². The number of H-pyrrole nitrogens is 1. The molecule has 29 heavy (non-hydrogen) atoms. The van der Waals surface area contributed by atoms with Gasteiger partial charge in [-0.2, -0.15) is 5.26 Å². The van der Waals surface area contributed by atoms with Crippen molar-refractivity contribution in [1.29, 1.82) is 5.26 Å². The van der Waals surface area contributed by atoms with E-state index in [4.69, 9.17) is 12.2 Å². The molecule has 0 amide bonds. The molecule has 0 aliphatic heterocycles. The fourth-order valence-electron chi connectivity index (χ4n) is 3.53. The van der Waals surface area contributed by atoms with Crippen molar-refractivity contribution < 1.29 is 5.11 Å². The molecule has 4 aromatic rings. The first-order chi connectivity index (χ1) is 13.9. The Bertz CT molecular complexity index is 1370. The van der Waals surface area contributed by atoms with Crippen LogP contribution in [0.3, 0.4) is 0 Å². The van der Waals surface area contributed by atoms with E-state index in [1.807, 2.05) is 26.0 Å². The Kier molecular flexibility index (Phi) is 4.18. The fraction of sp³-hybridized carbons (Fsp3) is 0.0870. The van der Waals surface area contributed by atoms with E-state index in [1.165, 1.54) is 0 Å². The maximum Gasteiger partial charge on any atom is 0.139 e. The zero-order valence-corrected chi connectivity index (χ0v) is 15.9. The molecule has 4 N–H and O–H groups in total. The maximum absolute atomic E-state index is 10.1. The zero-order chi connectivity index (χ0) is 20.7. The molecule has 0 radical (unpaired) electrons. The monoisotopic (exact) mass is 379 g/mol. The molecule has 0 saturated heterocycles. The number of aryl methyl sites for hydroxylation is 1. The molecule has 3 heterocycles. The Morgan fingerprint density at radius 3 is 2.69 bits per heavy atom.